The van der Waals surface area contributed by atoms with Crippen LogP contribution in [-0.4, -0.2) is 28.8 Å². The predicted octanol–water partition coefficient (Wildman–Crippen LogP) is 2.95. The lowest BCUT2D eigenvalue weighted by Gasteiger charge is -2.15. The van der Waals surface area contributed by atoms with Gasteiger partial charge in [-0.15, -0.1) is 0 Å². The Labute approximate surface area is 126 Å². The van der Waals surface area contributed by atoms with Crippen molar-refractivity contribution >= 4 is 27.7 Å². The number of halogens is 1. The highest BCUT2D eigenvalue weighted by Gasteiger charge is 2.30. The largest absolute Gasteiger partial charge is 0.340 e. The minimum atomic E-state index is 0.0278. The summed E-state index contributed by atoms with van der Waals surface area (Å²) in [6.45, 7) is 1.52. The highest BCUT2D eigenvalue weighted by Crippen LogP contribution is 2.24. The monoisotopic (exact) mass is 331 g/mol. The molecule has 1 fully saturated rings. The number of Topliss-reactive ketones (excluding diaryl/α,β-unsaturated/α-hetero) is 1. The Morgan fingerprint density at radius 1 is 1.20 bits per heavy atom. The molecule has 2 heterocycles. The lowest BCUT2D eigenvalue weighted by molar-refractivity contribution is 0.0931. The molecule has 4 nitrogen and oxygen atoms in total. The molecule has 0 bridgehead atoms. The molecule has 0 aliphatic carbocycles. The van der Waals surface area contributed by atoms with Crippen LogP contribution in [0.1, 0.15) is 16.8 Å². The SMILES string of the molecule is O=C(c1ccc(Br)cc1)C1CCN(c2ncccn2)C1. The Bertz CT molecular complexity index is 600. The van der Waals surface area contributed by atoms with Crippen molar-refractivity contribution in [1.82, 2.24) is 9.97 Å². The second-order valence-electron chi connectivity index (χ2n) is 4.85. The molecular weight excluding hydrogens is 318 g/mol. The minimum Gasteiger partial charge on any atom is -0.340 e. The van der Waals surface area contributed by atoms with Gasteiger partial charge < -0.3 is 4.90 Å². The van der Waals surface area contributed by atoms with Crippen molar-refractivity contribution in [2.75, 3.05) is 18.0 Å². The van der Waals surface area contributed by atoms with Crippen LogP contribution in [0.15, 0.2) is 47.2 Å². The number of benzene rings is 1. The normalized spacial score (nSPS) is 18.2. The van der Waals surface area contributed by atoms with Crippen molar-refractivity contribution in [3.8, 4) is 0 Å². The number of hydrogen-bond acceptors (Lipinski definition) is 4. The standard InChI is InChI=1S/C15H14BrN3O/c16-13-4-2-11(3-5-13)14(20)12-6-9-19(10-12)15-17-7-1-8-18-15/h1-5,7-8,12H,6,9-10H2. The van der Waals surface area contributed by atoms with Crippen molar-refractivity contribution in [3.63, 3.8) is 0 Å². The number of rotatable bonds is 3. The summed E-state index contributed by atoms with van der Waals surface area (Å²) in [6.07, 6.45) is 4.31. The Balaban J connectivity index is 1.71. The third-order valence-electron chi connectivity index (χ3n) is 3.52. The van der Waals surface area contributed by atoms with Gasteiger partial charge in [-0.3, -0.25) is 4.79 Å². The molecule has 3 rings (SSSR count). The van der Waals surface area contributed by atoms with Gasteiger partial charge in [0.05, 0.1) is 0 Å². The average Bonchev–Trinajstić information content (AvgIpc) is 2.98. The Morgan fingerprint density at radius 2 is 1.90 bits per heavy atom. The third kappa shape index (κ3) is 2.72. The van der Waals surface area contributed by atoms with Crippen LogP contribution in [0.25, 0.3) is 0 Å². The summed E-state index contributed by atoms with van der Waals surface area (Å²) in [5.74, 6) is 0.939. The fraction of sp³-hybridized carbons (Fsp3) is 0.267. The molecule has 1 saturated heterocycles. The van der Waals surface area contributed by atoms with Crippen LogP contribution in [0.2, 0.25) is 0 Å². The molecule has 1 atom stereocenters. The van der Waals surface area contributed by atoms with Gasteiger partial charge in [0, 0.05) is 41.4 Å². The van der Waals surface area contributed by atoms with Gasteiger partial charge in [0.2, 0.25) is 5.95 Å². The fourth-order valence-electron chi connectivity index (χ4n) is 2.46. The van der Waals surface area contributed by atoms with E-state index < -0.39 is 0 Å². The van der Waals surface area contributed by atoms with E-state index in [0.29, 0.717) is 12.5 Å². The summed E-state index contributed by atoms with van der Waals surface area (Å²) in [5, 5.41) is 0. The summed E-state index contributed by atoms with van der Waals surface area (Å²) in [4.78, 5) is 23.0. The molecule has 0 amide bonds. The van der Waals surface area contributed by atoms with Gasteiger partial charge in [0.25, 0.3) is 0 Å². The maximum absolute atomic E-state index is 12.5. The summed E-state index contributed by atoms with van der Waals surface area (Å²) in [7, 11) is 0. The first kappa shape index (κ1) is 13.2. The van der Waals surface area contributed by atoms with Crippen LogP contribution in [0.3, 0.4) is 0 Å². The molecule has 1 aromatic heterocycles. The highest BCUT2D eigenvalue weighted by molar-refractivity contribution is 9.10. The van der Waals surface area contributed by atoms with Crippen molar-refractivity contribution in [3.05, 3.63) is 52.8 Å². The molecular formula is C15H14BrN3O. The number of carbonyl (C=O) groups excluding carboxylic acids is 1. The van der Waals surface area contributed by atoms with Crippen molar-refractivity contribution in [2.45, 2.75) is 6.42 Å². The molecule has 102 valence electrons. The van der Waals surface area contributed by atoms with Crippen molar-refractivity contribution < 1.29 is 4.79 Å². The Hall–Kier alpha value is -1.75. The van der Waals surface area contributed by atoms with Crippen LogP contribution in [-0.2, 0) is 0 Å². The predicted molar refractivity (Wildman–Crippen MR) is 80.8 cm³/mol. The quantitative estimate of drug-likeness (QED) is 0.811. The Kier molecular flexibility index (Phi) is 3.78. The van der Waals surface area contributed by atoms with Gasteiger partial charge in [0.1, 0.15) is 0 Å². The van der Waals surface area contributed by atoms with Gasteiger partial charge in [-0.25, -0.2) is 9.97 Å². The van der Waals surface area contributed by atoms with E-state index in [1.807, 2.05) is 24.3 Å². The summed E-state index contributed by atoms with van der Waals surface area (Å²) in [6, 6.07) is 9.34. The van der Waals surface area contributed by atoms with E-state index in [-0.39, 0.29) is 11.7 Å². The summed E-state index contributed by atoms with van der Waals surface area (Å²) < 4.78 is 0.986. The van der Waals surface area contributed by atoms with E-state index in [4.69, 9.17) is 0 Å². The van der Waals surface area contributed by atoms with Gasteiger partial charge in [-0.05, 0) is 24.6 Å². The zero-order chi connectivity index (χ0) is 13.9. The van der Waals surface area contributed by atoms with Crippen molar-refractivity contribution in [2.24, 2.45) is 5.92 Å². The van der Waals surface area contributed by atoms with Crippen LogP contribution in [0.5, 0.6) is 0 Å². The molecule has 5 heteroatoms. The molecule has 0 N–H and O–H groups in total. The first-order valence-electron chi connectivity index (χ1n) is 6.56. The van der Waals surface area contributed by atoms with E-state index in [2.05, 4.69) is 30.8 Å². The summed E-state index contributed by atoms with van der Waals surface area (Å²) in [5.41, 5.74) is 0.772. The van der Waals surface area contributed by atoms with Crippen LogP contribution in [0, 0.1) is 5.92 Å². The van der Waals surface area contributed by atoms with Crippen LogP contribution in [0.4, 0.5) is 5.95 Å². The Morgan fingerprint density at radius 3 is 2.60 bits per heavy atom. The van der Waals surface area contributed by atoms with Crippen LogP contribution >= 0.6 is 15.9 Å². The minimum absolute atomic E-state index is 0.0278. The highest BCUT2D eigenvalue weighted by atomic mass is 79.9. The van der Waals surface area contributed by atoms with Crippen LogP contribution < -0.4 is 4.90 Å². The zero-order valence-corrected chi connectivity index (χ0v) is 12.5. The number of carbonyl (C=O) groups is 1. The molecule has 1 aliphatic rings. The van der Waals surface area contributed by atoms with Crippen molar-refractivity contribution in [1.29, 1.82) is 0 Å². The molecule has 1 unspecified atom stereocenters. The molecule has 1 aromatic carbocycles. The molecule has 2 aromatic rings. The maximum atomic E-state index is 12.5. The lowest BCUT2D eigenvalue weighted by atomic mass is 9.97. The average molecular weight is 332 g/mol. The lowest BCUT2D eigenvalue weighted by Crippen LogP contribution is -2.24. The molecule has 1 aliphatic heterocycles. The number of ketones is 1. The van der Waals surface area contributed by atoms with E-state index in [0.717, 1.165) is 23.0 Å². The maximum Gasteiger partial charge on any atom is 0.225 e. The number of nitrogens with zero attached hydrogens (tertiary/aromatic N) is 3. The van der Waals surface area contributed by atoms with E-state index in [1.165, 1.54) is 0 Å². The smallest absolute Gasteiger partial charge is 0.225 e. The fourth-order valence-corrected chi connectivity index (χ4v) is 2.72. The topological polar surface area (TPSA) is 46.1 Å². The van der Waals surface area contributed by atoms with Gasteiger partial charge >= 0.3 is 0 Å². The first-order valence-corrected chi connectivity index (χ1v) is 7.35. The molecule has 0 spiro atoms. The first-order chi connectivity index (χ1) is 9.74. The second-order valence-corrected chi connectivity index (χ2v) is 5.77. The second kappa shape index (κ2) is 5.71. The third-order valence-corrected chi connectivity index (χ3v) is 4.05. The van der Waals surface area contributed by atoms with E-state index in [1.54, 1.807) is 18.5 Å². The molecule has 0 radical (unpaired) electrons. The summed E-state index contributed by atoms with van der Waals surface area (Å²) >= 11 is 3.38. The van der Waals surface area contributed by atoms with Gasteiger partial charge in [-0.1, -0.05) is 28.1 Å². The van der Waals surface area contributed by atoms with E-state index in [9.17, 15) is 4.79 Å². The zero-order valence-electron chi connectivity index (χ0n) is 10.9. The number of anilines is 1. The molecule has 20 heavy (non-hydrogen) atoms. The van der Waals surface area contributed by atoms with Gasteiger partial charge in [0.15, 0.2) is 5.78 Å². The van der Waals surface area contributed by atoms with E-state index >= 15 is 0 Å². The van der Waals surface area contributed by atoms with Gasteiger partial charge in [-0.2, -0.15) is 0 Å². The molecule has 0 saturated carbocycles. The number of aromatic nitrogens is 2. The number of hydrogen-bond donors (Lipinski definition) is 0.